The van der Waals surface area contributed by atoms with Gasteiger partial charge in [0.25, 0.3) is 0 Å². The molecule has 1 N–H and O–H groups in total. The van der Waals surface area contributed by atoms with Gasteiger partial charge in [-0.05, 0) is 41.8 Å². The topological polar surface area (TPSA) is 68.1 Å². The van der Waals surface area contributed by atoms with Gasteiger partial charge in [-0.15, -0.1) is 0 Å². The summed E-state index contributed by atoms with van der Waals surface area (Å²) >= 11 is 0. The van der Waals surface area contributed by atoms with E-state index >= 15 is 0 Å². The summed E-state index contributed by atoms with van der Waals surface area (Å²) in [5, 5.41) is 13.8. The van der Waals surface area contributed by atoms with E-state index in [0.29, 0.717) is 5.69 Å². The van der Waals surface area contributed by atoms with Crippen molar-refractivity contribution in [3.63, 3.8) is 0 Å². The minimum atomic E-state index is -0.464. The fraction of sp³-hybridized carbons (Fsp3) is 0.444. The molecule has 1 aromatic rings. The highest BCUT2D eigenvalue weighted by Gasteiger charge is 2.38. The molecule has 74 valence electrons. The number of rotatable bonds is 3. The van der Waals surface area contributed by atoms with Gasteiger partial charge >= 0.3 is 5.82 Å². The smallest absolute Gasteiger partial charge is 0.373 e. The third-order valence-corrected chi connectivity index (χ3v) is 2.40. The van der Waals surface area contributed by atoms with E-state index in [1.54, 1.807) is 12.1 Å². The summed E-state index contributed by atoms with van der Waals surface area (Å²) in [6, 6.07) is 3.38. The number of nitrogens with one attached hydrogen (secondary N) is 1. The van der Waals surface area contributed by atoms with E-state index < -0.39 is 4.92 Å². The van der Waals surface area contributed by atoms with Gasteiger partial charge in [0.2, 0.25) is 0 Å². The van der Waals surface area contributed by atoms with Crippen molar-refractivity contribution in [3.8, 4) is 0 Å². The van der Waals surface area contributed by atoms with Crippen LogP contribution < -0.4 is 5.32 Å². The normalized spacial score (nSPS) is 17.5. The molecule has 0 radical (unpaired) electrons. The number of hydrogen-bond donors (Lipinski definition) is 1. The second kappa shape index (κ2) is 2.94. The molecular formula is C9H11N3O2. The maximum Gasteiger partial charge on any atom is 0.386 e. The van der Waals surface area contributed by atoms with Crippen LogP contribution in [0.5, 0.6) is 0 Å². The standard InChI is InChI=1S/C9H11N3O2/c1-9(4-5-9)11-7-3-2-6-10-8(7)12(13)14/h2-3,6,11H,4-5H2,1H3. The number of aromatic nitrogens is 1. The van der Waals surface area contributed by atoms with Gasteiger partial charge in [-0.2, -0.15) is 0 Å². The number of nitro groups is 1. The highest BCUT2D eigenvalue weighted by molar-refractivity contribution is 5.58. The molecule has 5 heteroatoms. The van der Waals surface area contributed by atoms with E-state index in [9.17, 15) is 10.1 Å². The van der Waals surface area contributed by atoms with E-state index in [0.717, 1.165) is 12.8 Å². The largest absolute Gasteiger partial charge is 0.386 e. The zero-order chi connectivity index (χ0) is 10.2. The quantitative estimate of drug-likeness (QED) is 0.588. The Hall–Kier alpha value is -1.65. The van der Waals surface area contributed by atoms with Crippen LogP contribution in [0.2, 0.25) is 0 Å². The second-order valence-corrected chi connectivity index (χ2v) is 3.82. The average molecular weight is 193 g/mol. The maximum absolute atomic E-state index is 10.6. The molecule has 0 aromatic carbocycles. The van der Waals surface area contributed by atoms with E-state index in [1.165, 1.54) is 6.20 Å². The van der Waals surface area contributed by atoms with E-state index in [2.05, 4.69) is 10.3 Å². The number of nitrogens with zero attached hydrogens (tertiary/aromatic N) is 2. The number of hydrogen-bond acceptors (Lipinski definition) is 4. The van der Waals surface area contributed by atoms with Gasteiger partial charge in [0.15, 0.2) is 0 Å². The lowest BCUT2D eigenvalue weighted by Crippen LogP contribution is -2.17. The molecule has 2 rings (SSSR count). The van der Waals surface area contributed by atoms with E-state index in [4.69, 9.17) is 0 Å². The zero-order valence-electron chi connectivity index (χ0n) is 7.86. The molecule has 5 nitrogen and oxygen atoms in total. The van der Waals surface area contributed by atoms with Crippen molar-refractivity contribution < 1.29 is 4.92 Å². The van der Waals surface area contributed by atoms with Gasteiger partial charge < -0.3 is 15.4 Å². The molecule has 0 aliphatic heterocycles. The van der Waals surface area contributed by atoms with Crippen LogP contribution in [0.1, 0.15) is 19.8 Å². The van der Waals surface area contributed by atoms with Gasteiger partial charge in [-0.1, -0.05) is 0 Å². The second-order valence-electron chi connectivity index (χ2n) is 3.82. The summed E-state index contributed by atoms with van der Waals surface area (Å²) in [6.07, 6.45) is 3.54. The van der Waals surface area contributed by atoms with Crippen LogP contribution in [0.25, 0.3) is 0 Å². The summed E-state index contributed by atoms with van der Waals surface area (Å²) in [7, 11) is 0. The average Bonchev–Trinajstić information content (AvgIpc) is 2.84. The monoisotopic (exact) mass is 193 g/mol. The summed E-state index contributed by atoms with van der Waals surface area (Å²) < 4.78 is 0. The highest BCUT2D eigenvalue weighted by atomic mass is 16.6. The van der Waals surface area contributed by atoms with Crippen molar-refractivity contribution in [2.24, 2.45) is 0 Å². The van der Waals surface area contributed by atoms with Crippen molar-refractivity contribution >= 4 is 11.5 Å². The van der Waals surface area contributed by atoms with E-state index in [-0.39, 0.29) is 11.4 Å². The fourth-order valence-electron chi connectivity index (χ4n) is 1.28. The molecule has 0 saturated heterocycles. The Kier molecular flexibility index (Phi) is 1.87. The first-order chi connectivity index (χ1) is 6.61. The molecule has 1 aliphatic carbocycles. The van der Waals surface area contributed by atoms with Gasteiger partial charge in [0, 0.05) is 5.54 Å². The summed E-state index contributed by atoms with van der Waals surface area (Å²) in [5.74, 6) is -0.0966. The van der Waals surface area contributed by atoms with Crippen LogP contribution in [0.3, 0.4) is 0 Å². The molecule has 1 heterocycles. The molecule has 0 bridgehead atoms. The molecule has 0 atom stereocenters. The van der Waals surface area contributed by atoms with Crippen LogP contribution in [-0.2, 0) is 0 Å². The highest BCUT2D eigenvalue weighted by Crippen LogP contribution is 2.39. The first kappa shape index (κ1) is 8.93. The molecule has 1 saturated carbocycles. The van der Waals surface area contributed by atoms with Crippen molar-refractivity contribution in [1.29, 1.82) is 0 Å². The lowest BCUT2D eigenvalue weighted by Gasteiger charge is -2.11. The Morgan fingerprint density at radius 3 is 2.93 bits per heavy atom. The molecule has 0 spiro atoms. The SMILES string of the molecule is CC1(Nc2cccnc2[N+](=O)[O-])CC1. The van der Waals surface area contributed by atoms with Crippen LogP contribution in [-0.4, -0.2) is 15.4 Å². The Morgan fingerprint density at radius 2 is 2.36 bits per heavy atom. The Balaban J connectivity index is 2.27. The molecule has 14 heavy (non-hydrogen) atoms. The minimum Gasteiger partial charge on any atom is -0.373 e. The van der Waals surface area contributed by atoms with Crippen LogP contribution in [0.4, 0.5) is 11.5 Å². The first-order valence-corrected chi connectivity index (χ1v) is 4.48. The molecule has 1 aromatic heterocycles. The van der Waals surface area contributed by atoms with Crippen LogP contribution in [0.15, 0.2) is 18.3 Å². The number of pyridine rings is 1. The van der Waals surface area contributed by atoms with Crippen LogP contribution >= 0.6 is 0 Å². The fourth-order valence-corrected chi connectivity index (χ4v) is 1.28. The summed E-state index contributed by atoms with van der Waals surface area (Å²) in [6.45, 7) is 2.05. The Morgan fingerprint density at radius 1 is 1.64 bits per heavy atom. The Bertz CT molecular complexity index is 374. The Labute approximate surface area is 81.3 Å². The first-order valence-electron chi connectivity index (χ1n) is 4.48. The molecule has 1 fully saturated rings. The van der Waals surface area contributed by atoms with Gasteiger partial charge in [-0.25, -0.2) is 0 Å². The molecule has 0 unspecified atom stereocenters. The third kappa shape index (κ3) is 1.66. The van der Waals surface area contributed by atoms with Crippen molar-refractivity contribution in [1.82, 2.24) is 4.98 Å². The predicted molar refractivity (Wildman–Crippen MR) is 52.2 cm³/mol. The summed E-state index contributed by atoms with van der Waals surface area (Å²) in [5.41, 5.74) is 0.547. The maximum atomic E-state index is 10.6. The number of anilines is 1. The molecule has 1 aliphatic rings. The lowest BCUT2D eigenvalue weighted by molar-refractivity contribution is -0.388. The predicted octanol–water partition coefficient (Wildman–Crippen LogP) is 1.95. The van der Waals surface area contributed by atoms with Crippen molar-refractivity contribution in [2.45, 2.75) is 25.3 Å². The van der Waals surface area contributed by atoms with Crippen molar-refractivity contribution in [3.05, 3.63) is 28.4 Å². The van der Waals surface area contributed by atoms with Gasteiger partial charge in [-0.3, -0.25) is 0 Å². The van der Waals surface area contributed by atoms with Gasteiger partial charge in [0.1, 0.15) is 11.9 Å². The molecule has 0 amide bonds. The molecular weight excluding hydrogens is 182 g/mol. The van der Waals surface area contributed by atoms with Crippen molar-refractivity contribution in [2.75, 3.05) is 5.32 Å². The lowest BCUT2D eigenvalue weighted by atomic mass is 10.3. The van der Waals surface area contributed by atoms with E-state index in [1.807, 2.05) is 6.92 Å². The van der Waals surface area contributed by atoms with Gasteiger partial charge in [0.05, 0.1) is 0 Å². The summed E-state index contributed by atoms with van der Waals surface area (Å²) in [4.78, 5) is 13.9. The van der Waals surface area contributed by atoms with Crippen LogP contribution in [0, 0.1) is 10.1 Å². The zero-order valence-corrected chi connectivity index (χ0v) is 7.86. The minimum absolute atomic E-state index is 0.0355. The third-order valence-electron chi connectivity index (χ3n) is 2.40.